The second kappa shape index (κ2) is 9.39. The zero-order chi connectivity index (χ0) is 19.2. The minimum atomic E-state index is -0.0818. The summed E-state index contributed by atoms with van der Waals surface area (Å²) < 4.78 is 22.6. The number of hydrogen-bond acceptors (Lipinski definition) is 6. The van der Waals surface area contributed by atoms with Gasteiger partial charge in [-0.1, -0.05) is 0 Å². The Morgan fingerprint density at radius 3 is 2.70 bits per heavy atom. The van der Waals surface area contributed by atoms with Crippen molar-refractivity contribution in [3.05, 3.63) is 23.8 Å². The first-order valence-electron chi connectivity index (χ1n) is 9.55. The Kier molecular flexibility index (Phi) is 6.93. The molecule has 0 aliphatic carbocycles. The number of carbonyl (C=O) groups excluding carboxylic acids is 1. The van der Waals surface area contributed by atoms with Gasteiger partial charge in [-0.05, 0) is 38.1 Å². The van der Waals surface area contributed by atoms with Crippen LogP contribution in [0.25, 0.3) is 0 Å². The minimum absolute atomic E-state index is 0.0756. The number of likely N-dealkylation sites (N-methyl/N-ethyl adjacent to an activating group) is 1. The highest BCUT2D eigenvalue weighted by Gasteiger charge is 2.23. The topological polar surface area (TPSA) is 60.5 Å². The van der Waals surface area contributed by atoms with Gasteiger partial charge in [-0.2, -0.15) is 0 Å². The second-order valence-electron chi connectivity index (χ2n) is 7.24. The lowest BCUT2D eigenvalue weighted by Gasteiger charge is -2.30. The van der Waals surface area contributed by atoms with E-state index in [9.17, 15) is 4.79 Å². The van der Waals surface area contributed by atoms with Crippen molar-refractivity contribution in [2.24, 2.45) is 0 Å². The van der Waals surface area contributed by atoms with E-state index >= 15 is 0 Å². The van der Waals surface area contributed by atoms with Crippen LogP contribution in [0.15, 0.2) is 18.2 Å². The number of benzene rings is 1. The van der Waals surface area contributed by atoms with Crippen LogP contribution in [-0.2, 0) is 9.47 Å². The molecule has 0 radical (unpaired) electrons. The quantitative estimate of drug-likeness (QED) is 0.750. The molecule has 150 valence electrons. The number of piperidine rings is 1. The van der Waals surface area contributed by atoms with Crippen molar-refractivity contribution in [3.63, 3.8) is 0 Å². The maximum atomic E-state index is 12.8. The van der Waals surface area contributed by atoms with Crippen molar-refractivity contribution in [2.45, 2.75) is 25.0 Å². The van der Waals surface area contributed by atoms with E-state index in [1.54, 1.807) is 31.2 Å². The summed E-state index contributed by atoms with van der Waals surface area (Å²) in [5.74, 6) is 1.20. The van der Waals surface area contributed by atoms with Crippen molar-refractivity contribution >= 4 is 5.91 Å². The van der Waals surface area contributed by atoms with E-state index in [0.29, 0.717) is 43.4 Å². The molecule has 0 spiro atoms. The lowest BCUT2D eigenvalue weighted by atomic mass is 10.1. The molecule has 1 atom stereocenters. The maximum absolute atomic E-state index is 12.8. The number of methoxy groups -OCH3 is 1. The molecule has 2 aliphatic rings. The van der Waals surface area contributed by atoms with E-state index in [0.717, 1.165) is 25.9 Å². The van der Waals surface area contributed by atoms with Crippen molar-refractivity contribution in [1.29, 1.82) is 0 Å². The summed E-state index contributed by atoms with van der Waals surface area (Å²) in [6.07, 6.45) is 2.09. The molecule has 2 heterocycles. The van der Waals surface area contributed by atoms with Gasteiger partial charge in [-0.15, -0.1) is 0 Å². The Morgan fingerprint density at radius 1 is 1.26 bits per heavy atom. The largest absolute Gasteiger partial charge is 0.493 e. The van der Waals surface area contributed by atoms with Crippen LogP contribution in [0.4, 0.5) is 0 Å². The third-order valence-corrected chi connectivity index (χ3v) is 5.08. The Morgan fingerprint density at radius 2 is 2.04 bits per heavy atom. The van der Waals surface area contributed by atoms with E-state index in [1.165, 1.54) is 0 Å². The number of nitrogens with zero attached hydrogens (tertiary/aromatic N) is 2. The highest BCUT2D eigenvalue weighted by molar-refractivity contribution is 5.94. The summed E-state index contributed by atoms with van der Waals surface area (Å²) in [5, 5.41) is 0. The molecule has 2 fully saturated rings. The Labute approximate surface area is 161 Å². The van der Waals surface area contributed by atoms with Gasteiger partial charge in [-0.25, -0.2) is 0 Å². The first kappa shape index (κ1) is 19.9. The molecule has 0 bridgehead atoms. The lowest BCUT2D eigenvalue weighted by molar-refractivity contribution is -0.0933. The van der Waals surface area contributed by atoms with Gasteiger partial charge < -0.3 is 28.7 Å². The zero-order valence-electron chi connectivity index (χ0n) is 16.5. The first-order chi connectivity index (χ1) is 13.1. The Hall–Kier alpha value is -1.83. The number of hydrogen-bond donors (Lipinski definition) is 0. The van der Waals surface area contributed by atoms with Crippen LogP contribution in [0.2, 0.25) is 0 Å². The number of amides is 1. The standard InChI is InChI=1S/C20H30N2O5/c1-21-8-6-16(7-9-21)27-18-5-4-15(12-19(18)24-3)20(23)22(2)13-17-14-25-10-11-26-17/h4-5,12,16-17H,6-11,13-14H2,1-3H3. The molecule has 1 amide bonds. The molecular formula is C20H30N2O5. The van der Waals surface area contributed by atoms with Gasteiger partial charge in [0.15, 0.2) is 11.5 Å². The maximum Gasteiger partial charge on any atom is 0.253 e. The van der Waals surface area contributed by atoms with Gasteiger partial charge in [0.05, 0.1) is 33.0 Å². The second-order valence-corrected chi connectivity index (χ2v) is 7.24. The molecule has 1 aromatic rings. The molecule has 0 N–H and O–H groups in total. The van der Waals surface area contributed by atoms with Gasteiger partial charge in [0.25, 0.3) is 5.91 Å². The van der Waals surface area contributed by atoms with Crippen molar-refractivity contribution in [2.75, 3.05) is 60.7 Å². The van der Waals surface area contributed by atoms with Gasteiger partial charge in [0.2, 0.25) is 0 Å². The van der Waals surface area contributed by atoms with E-state index in [1.807, 2.05) is 6.07 Å². The van der Waals surface area contributed by atoms with E-state index in [-0.39, 0.29) is 18.1 Å². The van der Waals surface area contributed by atoms with Crippen LogP contribution in [0.5, 0.6) is 11.5 Å². The normalized spacial score (nSPS) is 21.7. The lowest BCUT2D eigenvalue weighted by Crippen LogP contribution is -2.40. The highest BCUT2D eigenvalue weighted by atomic mass is 16.6. The minimum Gasteiger partial charge on any atom is -0.493 e. The monoisotopic (exact) mass is 378 g/mol. The molecule has 27 heavy (non-hydrogen) atoms. The number of ether oxygens (including phenoxy) is 4. The molecule has 7 nitrogen and oxygen atoms in total. The molecule has 1 aromatic carbocycles. The molecular weight excluding hydrogens is 348 g/mol. The van der Waals surface area contributed by atoms with Crippen LogP contribution in [-0.4, -0.2) is 88.6 Å². The zero-order valence-corrected chi connectivity index (χ0v) is 16.5. The smallest absolute Gasteiger partial charge is 0.253 e. The predicted molar refractivity (Wildman–Crippen MR) is 102 cm³/mol. The average Bonchev–Trinajstić information content (AvgIpc) is 2.70. The van der Waals surface area contributed by atoms with Crippen molar-refractivity contribution < 1.29 is 23.7 Å². The number of rotatable bonds is 6. The van der Waals surface area contributed by atoms with Crippen LogP contribution in [0, 0.1) is 0 Å². The number of likely N-dealkylation sites (tertiary alicyclic amines) is 1. The van der Waals surface area contributed by atoms with Crippen LogP contribution in [0.3, 0.4) is 0 Å². The Bertz CT molecular complexity index is 625. The van der Waals surface area contributed by atoms with Gasteiger partial charge in [-0.3, -0.25) is 4.79 Å². The van der Waals surface area contributed by atoms with Crippen LogP contribution in [0.1, 0.15) is 23.2 Å². The molecule has 2 aliphatic heterocycles. The molecule has 0 saturated carbocycles. The fourth-order valence-electron chi connectivity index (χ4n) is 3.43. The van der Waals surface area contributed by atoms with Crippen LogP contribution >= 0.6 is 0 Å². The van der Waals surface area contributed by atoms with Crippen molar-refractivity contribution in [1.82, 2.24) is 9.80 Å². The van der Waals surface area contributed by atoms with Gasteiger partial charge >= 0.3 is 0 Å². The molecule has 1 unspecified atom stereocenters. The summed E-state index contributed by atoms with van der Waals surface area (Å²) in [7, 11) is 5.50. The summed E-state index contributed by atoms with van der Waals surface area (Å²) in [4.78, 5) is 16.7. The van der Waals surface area contributed by atoms with E-state index in [4.69, 9.17) is 18.9 Å². The summed E-state index contributed by atoms with van der Waals surface area (Å²) in [6, 6.07) is 5.38. The van der Waals surface area contributed by atoms with Gasteiger partial charge in [0.1, 0.15) is 6.10 Å². The first-order valence-corrected chi connectivity index (χ1v) is 9.55. The van der Waals surface area contributed by atoms with Crippen LogP contribution < -0.4 is 9.47 Å². The molecule has 0 aromatic heterocycles. The SMILES string of the molecule is COc1cc(C(=O)N(C)CC2COCCO2)ccc1OC1CCN(C)CC1. The average molecular weight is 378 g/mol. The highest BCUT2D eigenvalue weighted by Crippen LogP contribution is 2.31. The molecule has 7 heteroatoms. The fraction of sp³-hybridized carbons (Fsp3) is 0.650. The molecule has 3 rings (SSSR count). The summed E-state index contributed by atoms with van der Waals surface area (Å²) in [6.45, 7) is 4.26. The van der Waals surface area contributed by atoms with E-state index < -0.39 is 0 Å². The van der Waals surface area contributed by atoms with Gasteiger partial charge in [0, 0.05) is 32.2 Å². The fourth-order valence-corrected chi connectivity index (χ4v) is 3.43. The third-order valence-electron chi connectivity index (χ3n) is 5.08. The summed E-state index contributed by atoms with van der Waals surface area (Å²) >= 11 is 0. The third kappa shape index (κ3) is 5.34. The number of carbonyl (C=O) groups is 1. The molecule has 2 saturated heterocycles. The van der Waals surface area contributed by atoms with Crippen molar-refractivity contribution in [3.8, 4) is 11.5 Å². The Balaban J connectivity index is 1.62. The predicted octanol–water partition coefficient (Wildman–Crippen LogP) is 1.66. The summed E-state index contributed by atoms with van der Waals surface area (Å²) in [5.41, 5.74) is 0.571. The van der Waals surface area contributed by atoms with E-state index in [2.05, 4.69) is 11.9 Å².